The van der Waals surface area contributed by atoms with Crippen LogP contribution < -0.4 is 15.4 Å². The zero-order chi connectivity index (χ0) is 17.4. The minimum atomic E-state index is -1.34. The third-order valence-electron chi connectivity index (χ3n) is 4.06. The second kappa shape index (κ2) is 5.83. The third kappa shape index (κ3) is 3.08. The predicted octanol–water partition coefficient (Wildman–Crippen LogP) is 2.86. The highest BCUT2D eigenvalue weighted by molar-refractivity contribution is 5.95. The summed E-state index contributed by atoms with van der Waals surface area (Å²) in [4.78, 5) is 12.5. The van der Waals surface area contributed by atoms with Crippen LogP contribution in [0.3, 0.4) is 0 Å². The molecule has 0 aliphatic carbocycles. The number of nitrogens with one attached hydrogen (secondary N) is 2. The molecule has 24 heavy (non-hydrogen) atoms. The first-order valence-corrected chi connectivity index (χ1v) is 7.93. The summed E-state index contributed by atoms with van der Waals surface area (Å²) in [6, 6.07) is 14.8. The van der Waals surface area contributed by atoms with Gasteiger partial charge in [0.2, 0.25) is 0 Å². The number of benzene rings is 2. The van der Waals surface area contributed by atoms with Gasteiger partial charge in [-0.05, 0) is 35.2 Å². The van der Waals surface area contributed by atoms with Gasteiger partial charge in [0, 0.05) is 5.56 Å². The average Bonchev–Trinajstić information content (AvgIpc) is 2.92. The predicted molar refractivity (Wildman–Crippen MR) is 93.1 cm³/mol. The van der Waals surface area contributed by atoms with Crippen molar-refractivity contribution in [2.24, 2.45) is 0 Å². The Morgan fingerprint density at radius 1 is 1.17 bits per heavy atom. The quantitative estimate of drug-likeness (QED) is 0.811. The van der Waals surface area contributed by atoms with E-state index in [-0.39, 0.29) is 11.3 Å². The number of ether oxygens (including phenoxy) is 1. The fourth-order valence-electron chi connectivity index (χ4n) is 2.63. The summed E-state index contributed by atoms with van der Waals surface area (Å²) in [6.07, 6.45) is 0. The van der Waals surface area contributed by atoms with Crippen molar-refractivity contribution in [1.82, 2.24) is 5.32 Å². The van der Waals surface area contributed by atoms with Gasteiger partial charge in [-0.2, -0.15) is 0 Å². The molecule has 1 amide bonds. The van der Waals surface area contributed by atoms with Crippen LogP contribution in [0, 0.1) is 0 Å². The zero-order valence-electron chi connectivity index (χ0n) is 14.1. The number of rotatable bonds is 3. The first-order valence-electron chi connectivity index (χ1n) is 7.93. The lowest BCUT2D eigenvalue weighted by atomic mass is 9.87. The van der Waals surface area contributed by atoms with E-state index in [2.05, 4.69) is 31.4 Å². The van der Waals surface area contributed by atoms with E-state index < -0.39 is 12.5 Å². The summed E-state index contributed by atoms with van der Waals surface area (Å²) >= 11 is 0. The van der Waals surface area contributed by atoms with E-state index in [1.807, 2.05) is 30.3 Å². The van der Waals surface area contributed by atoms with E-state index >= 15 is 0 Å². The molecule has 0 aromatic heterocycles. The van der Waals surface area contributed by atoms with Crippen LogP contribution >= 0.6 is 0 Å². The van der Waals surface area contributed by atoms with E-state index in [0.29, 0.717) is 11.3 Å². The van der Waals surface area contributed by atoms with E-state index in [1.165, 1.54) is 0 Å². The van der Waals surface area contributed by atoms with Crippen LogP contribution in [0.25, 0.3) is 0 Å². The molecule has 2 aromatic rings. The highest BCUT2D eigenvalue weighted by atomic mass is 16.6. The third-order valence-corrected chi connectivity index (χ3v) is 4.06. The zero-order valence-corrected chi connectivity index (χ0v) is 14.1. The van der Waals surface area contributed by atoms with Crippen LogP contribution in [0.2, 0.25) is 0 Å². The number of hydrogen-bond acceptors (Lipinski definition) is 4. The van der Waals surface area contributed by atoms with Gasteiger partial charge in [0.05, 0.1) is 5.69 Å². The largest absolute Gasteiger partial charge is 0.445 e. The monoisotopic (exact) mass is 326 g/mol. The molecular formula is C19H22N2O3. The number of hydrogen-bond donors (Lipinski definition) is 3. The minimum absolute atomic E-state index is 0.0269. The number of aliphatic hydroxyl groups is 1. The van der Waals surface area contributed by atoms with Crippen LogP contribution in [0.4, 0.5) is 5.69 Å². The maximum absolute atomic E-state index is 12.5. The SMILES string of the molecule is CC(C)(C)c1ccc(C(=O)NC2(CO)Nc3ccccc3O2)cc1. The fraction of sp³-hybridized carbons (Fsp3) is 0.316. The van der Waals surface area contributed by atoms with Crippen molar-refractivity contribution < 1.29 is 14.6 Å². The summed E-state index contributed by atoms with van der Waals surface area (Å²) in [5.41, 5.74) is 2.42. The maximum Gasteiger partial charge on any atom is 0.285 e. The first kappa shape index (κ1) is 16.3. The van der Waals surface area contributed by atoms with Crippen LogP contribution in [0.15, 0.2) is 48.5 Å². The molecule has 126 valence electrons. The lowest BCUT2D eigenvalue weighted by Crippen LogP contribution is -2.59. The molecule has 5 nitrogen and oxygen atoms in total. The fourth-order valence-corrected chi connectivity index (χ4v) is 2.63. The summed E-state index contributed by atoms with van der Waals surface area (Å²) in [5.74, 6) is -1.07. The molecule has 0 saturated heterocycles. The van der Waals surface area contributed by atoms with Crippen LogP contribution in [0.5, 0.6) is 5.75 Å². The van der Waals surface area contributed by atoms with Gasteiger partial charge in [-0.15, -0.1) is 0 Å². The molecule has 1 aliphatic rings. The Hall–Kier alpha value is -2.53. The van der Waals surface area contributed by atoms with Crippen LogP contribution in [-0.2, 0) is 5.41 Å². The average molecular weight is 326 g/mol. The number of carbonyl (C=O) groups is 1. The van der Waals surface area contributed by atoms with E-state index in [1.54, 1.807) is 18.2 Å². The van der Waals surface area contributed by atoms with Crippen molar-refractivity contribution in [3.05, 3.63) is 59.7 Å². The summed E-state index contributed by atoms with van der Waals surface area (Å²) < 4.78 is 5.72. The van der Waals surface area contributed by atoms with Gasteiger partial charge in [-0.25, -0.2) is 0 Å². The van der Waals surface area contributed by atoms with E-state index in [9.17, 15) is 9.90 Å². The smallest absolute Gasteiger partial charge is 0.285 e. The van der Waals surface area contributed by atoms with Gasteiger partial charge in [0.1, 0.15) is 12.4 Å². The lowest BCUT2D eigenvalue weighted by Gasteiger charge is -2.28. The van der Waals surface area contributed by atoms with Crippen molar-refractivity contribution in [1.29, 1.82) is 0 Å². The molecule has 0 saturated carbocycles. The van der Waals surface area contributed by atoms with E-state index in [0.717, 1.165) is 11.3 Å². The Morgan fingerprint density at radius 2 is 1.83 bits per heavy atom. The van der Waals surface area contributed by atoms with Gasteiger partial charge < -0.3 is 15.2 Å². The number of fused-ring (bicyclic) bond motifs is 1. The topological polar surface area (TPSA) is 70.6 Å². The van der Waals surface area contributed by atoms with Crippen molar-refractivity contribution in [2.45, 2.75) is 32.0 Å². The number of amides is 1. The molecular weight excluding hydrogens is 304 g/mol. The molecule has 1 heterocycles. The molecule has 2 aromatic carbocycles. The Balaban J connectivity index is 1.77. The second-order valence-electron chi connectivity index (χ2n) is 6.99. The van der Waals surface area contributed by atoms with Gasteiger partial charge in [0.15, 0.2) is 0 Å². The van der Waals surface area contributed by atoms with Gasteiger partial charge in [-0.3, -0.25) is 10.1 Å². The second-order valence-corrected chi connectivity index (χ2v) is 6.99. The molecule has 0 spiro atoms. The maximum atomic E-state index is 12.5. The highest BCUT2D eigenvalue weighted by Crippen LogP contribution is 2.35. The van der Waals surface area contributed by atoms with Crippen LogP contribution in [0.1, 0.15) is 36.7 Å². The Kier molecular flexibility index (Phi) is 3.97. The lowest BCUT2D eigenvalue weighted by molar-refractivity contribution is 0.0175. The van der Waals surface area contributed by atoms with Gasteiger partial charge >= 0.3 is 0 Å². The Bertz CT molecular complexity index is 723. The Morgan fingerprint density at radius 3 is 2.42 bits per heavy atom. The standard InChI is InChI=1S/C19H22N2O3/c1-18(2,3)14-10-8-13(9-11-14)17(23)21-19(12-22)20-15-6-4-5-7-16(15)24-19/h4-11,20,22H,12H2,1-3H3,(H,21,23). The molecule has 0 radical (unpaired) electrons. The summed E-state index contributed by atoms with van der Waals surface area (Å²) in [7, 11) is 0. The number of para-hydroxylation sites is 2. The Labute approximate surface area is 141 Å². The molecule has 3 rings (SSSR count). The van der Waals surface area contributed by atoms with Crippen molar-refractivity contribution in [3.63, 3.8) is 0 Å². The number of aliphatic hydroxyl groups excluding tert-OH is 1. The van der Waals surface area contributed by atoms with Crippen molar-refractivity contribution >= 4 is 11.6 Å². The normalized spacial score (nSPS) is 19.2. The van der Waals surface area contributed by atoms with Crippen molar-refractivity contribution in [2.75, 3.05) is 11.9 Å². The van der Waals surface area contributed by atoms with Gasteiger partial charge in [-0.1, -0.05) is 45.0 Å². The first-order chi connectivity index (χ1) is 11.3. The molecule has 1 aliphatic heterocycles. The molecule has 5 heteroatoms. The molecule has 0 bridgehead atoms. The summed E-state index contributed by atoms with van der Waals surface area (Å²) in [5, 5.41) is 15.5. The van der Waals surface area contributed by atoms with Crippen molar-refractivity contribution in [3.8, 4) is 5.75 Å². The minimum Gasteiger partial charge on any atom is -0.445 e. The molecule has 1 atom stereocenters. The number of anilines is 1. The molecule has 1 unspecified atom stereocenters. The number of carbonyl (C=O) groups excluding carboxylic acids is 1. The van der Waals surface area contributed by atoms with Crippen LogP contribution in [-0.4, -0.2) is 23.5 Å². The highest BCUT2D eigenvalue weighted by Gasteiger charge is 2.40. The molecule has 3 N–H and O–H groups in total. The summed E-state index contributed by atoms with van der Waals surface area (Å²) in [6.45, 7) is 5.97. The van der Waals surface area contributed by atoms with Gasteiger partial charge in [0.25, 0.3) is 11.8 Å². The molecule has 0 fully saturated rings. The van der Waals surface area contributed by atoms with E-state index in [4.69, 9.17) is 4.74 Å².